The standard InChI is InChI=1S/C11H17N5O2/c12-15-10-8-7-18-4-1-9(8)13-11(14-10)16-2-5-17-6-3-16/h1-7,12H2,(H,13,14,15). The van der Waals surface area contributed by atoms with Crippen LogP contribution in [0.5, 0.6) is 0 Å². The van der Waals surface area contributed by atoms with E-state index in [1.807, 2.05) is 0 Å². The number of fused-ring (bicyclic) bond motifs is 1. The van der Waals surface area contributed by atoms with Crippen molar-refractivity contribution in [2.45, 2.75) is 13.0 Å². The predicted octanol–water partition coefficient (Wildman–Crippen LogP) is -0.329. The lowest BCUT2D eigenvalue weighted by molar-refractivity contribution is 0.109. The van der Waals surface area contributed by atoms with E-state index in [1.54, 1.807) is 0 Å². The average molecular weight is 251 g/mol. The Labute approximate surface area is 105 Å². The summed E-state index contributed by atoms with van der Waals surface area (Å²) in [6, 6.07) is 0. The molecule has 0 bridgehead atoms. The molecule has 2 aliphatic heterocycles. The first-order valence-electron chi connectivity index (χ1n) is 6.15. The molecule has 0 unspecified atom stereocenters. The summed E-state index contributed by atoms with van der Waals surface area (Å²) < 4.78 is 10.7. The van der Waals surface area contributed by atoms with E-state index in [4.69, 9.17) is 15.3 Å². The number of nitrogens with two attached hydrogens (primary N) is 1. The molecule has 2 aliphatic rings. The molecule has 1 aromatic heterocycles. The molecular weight excluding hydrogens is 234 g/mol. The number of ether oxygens (including phenoxy) is 2. The topological polar surface area (TPSA) is 85.5 Å². The zero-order valence-corrected chi connectivity index (χ0v) is 10.2. The third-order valence-electron chi connectivity index (χ3n) is 3.24. The number of nitrogen functional groups attached to an aromatic ring is 1. The number of nitrogens with one attached hydrogen (secondary N) is 1. The van der Waals surface area contributed by atoms with Crippen molar-refractivity contribution in [3.05, 3.63) is 11.3 Å². The summed E-state index contributed by atoms with van der Waals surface area (Å²) >= 11 is 0. The summed E-state index contributed by atoms with van der Waals surface area (Å²) in [4.78, 5) is 11.2. The highest BCUT2D eigenvalue weighted by atomic mass is 16.5. The highest BCUT2D eigenvalue weighted by molar-refractivity contribution is 5.51. The molecule has 0 aromatic carbocycles. The summed E-state index contributed by atoms with van der Waals surface area (Å²) in [6.45, 7) is 4.30. The Morgan fingerprint density at radius 2 is 1.94 bits per heavy atom. The van der Waals surface area contributed by atoms with E-state index < -0.39 is 0 Å². The fourth-order valence-electron chi connectivity index (χ4n) is 2.24. The van der Waals surface area contributed by atoms with E-state index in [-0.39, 0.29) is 0 Å². The summed E-state index contributed by atoms with van der Waals surface area (Å²) in [6.07, 6.45) is 0.809. The van der Waals surface area contributed by atoms with Gasteiger partial charge < -0.3 is 19.8 Å². The fourth-order valence-corrected chi connectivity index (χ4v) is 2.24. The van der Waals surface area contributed by atoms with Gasteiger partial charge in [-0.2, -0.15) is 4.98 Å². The van der Waals surface area contributed by atoms with Crippen LogP contribution in [0.3, 0.4) is 0 Å². The molecule has 0 radical (unpaired) electrons. The minimum atomic E-state index is 0.526. The highest BCUT2D eigenvalue weighted by Crippen LogP contribution is 2.24. The number of aromatic nitrogens is 2. The average Bonchev–Trinajstić information content (AvgIpc) is 2.47. The number of hydrogen-bond acceptors (Lipinski definition) is 7. The van der Waals surface area contributed by atoms with Crippen LogP contribution in [0.2, 0.25) is 0 Å². The van der Waals surface area contributed by atoms with Crippen molar-refractivity contribution in [2.24, 2.45) is 5.84 Å². The second-order valence-electron chi connectivity index (χ2n) is 4.34. The molecule has 98 valence electrons. The van der Waals surface area contributed by atoms with E-state index in [1.165, 1.54) is 0 Å². The van der Waals surface area contributed by atoms with Gasteiger partial charge in [-0.15, -0.1) is 0 Å². The molecule has 7 nitrogen and oxygen atoms in total. The molecule has 0 saturated carbocycles. The molecule has 1 aromatic rings. The third-order valence-corrected chi connectivity index (χ3v) is 3.24. The first-order valence-corrected chi connectivity index (χ1v) is 6.15. The highest BCUT2D eigenvalue weighted by Gasteiger charge is 2.21. The van der Waals surface area contributed by atoms with Crippen LogP contribution in [-0.4, -0.2) is 42.9 Å². The number of anilines is 2. The minimum Gasteiger partial charge on any atom is -0.378 e. The van der Waals surface area contributed by atoms with Crippen LogP contribution in [0.15, 0.2) is 0 Å². The molecular formula is C11H17N5O2. The van der Waals surface area contributed by atoms with Gasteiger partial charge in [0.25, 0.3) is 0 Å². The van der Waals surface area contributed by atoms with Crippen molar-refractivity contribution < 1.29 is 9.47 Å². The molecule has 7 heteroatoms. The predicted molar refractivity (Wildman–Crippen MR) is 66.2 cm³/mol. The summed E-state index contributed by atoms with van der Waals surface area (Å²) in [5.74, 6) is 6.93. The zero-order chi connectivity index (χ0) is 12.4. The van der Waals surface area contributed by atoms with Crippen molar-refractivity contribution in [3.63, 3.8) is 0 Å². The lowest BCUT2D eigenvalue weighted by atomic mass is 10.1. The number of hydrazine groups is 1. The van der Waals surface area contributed by atoms with Crippen LogP contribution in [0.1, 0.15) is 11.3 Å². The summed E-state index contributed by atoms with van der Waals surface area (Å²) in [7, 11) is 0. The lowest BCUT2D eigenvalue weighted by Gasteiger charge is -2.28. The van der Waals surface area contributed by atoms with Crippen molar-refractivity contribution >= 4 is 11.8 Å². The second kappa shape index (κ2) is 5.05. The molecule has 3 N–H and O–H groups in total. The van der Waals surface area contributed by atoms with Gasteiger partial charge in [0.2, 0.25) is 5.95 Å². The fraction of sp³-hybridized carbons (Fsp3) is 0.636. The number of morpholine rings is 1. The maximum absolute atomic E-state index is 5.53. The molecule has 3 heterocycles. The third kappa shape index (κ3) is 2.12. The van der Waals surface area contributed by atoms with Gasteiger partial charge in [0.1, 0.15) is 0 Å². The van der Waals surface area contributed by atoms with E-state index >= 15 is 0 Å². The molecule has 1 fully saturated rings. The first-order chi connectivity index (χ1) is 8.88. The molecule has 18 heavy (non-hydrogen) atoms. The van der Waals surface area contributed by atoms with Gasteiger partial charge in [-0.3, -0.25) is 0 Å². The van der Waals surface area contributed by atoms with Gasteiger partial charge in [-0.1, -0.05) is 0 Å². The molecule has 0 amide bonds. The molecule has 0 spiro atoms. The van der Waals surface area contributed by atoms with Gasteiger partial charge in [0.15, 0.2) is 5.82 Å². The Hall–Kier alpha value is -1.44. The Bertz CT molecular complexity index is 416. The van der Waals surface area contributed by atoms with Crippen LogP contribution in [0.4, 0.5) is 11.8 Å². The van der Waals surface area contributed by atoms with Crippen LogP contribution in [0, 0.1) is 0 Å². The normalized spacial score (nSPS) is 19.5. The van der Waals surface area contributed by atoms with Crippen LogP contribution < -0.4 is 16.2 Å². The maximum atomic E-state index is 5.53. The lowest BCUT2D eigenvalue weighted by Crippen LogP contribution is -2.38. The SMILES string of the molecule is NNc1nc(N2CCOCC2)nc2c1COCC2. The van der Waals surface area contributed by atoms with Gasteiger partial charge in [0, 0.05) is 25.1 Å². The van der Waals surface area contributed by atoms with Crippen molar-refractivity contribution in [1.29, 1.82) is 0 Å². The van der Waals surface area contributed by atoms with E-state index in [0.29, 0.717) is 19.0 Å². The molecule has 0 atom stereocenters. The van der Waals surface area contributed by atoms with Crippen molar-refractivity contribution in [2.75, 3.05) is 43.2 Å². The number of hydrogen-bond donors (Lipinski definition) is 2. The van der Waals surface area contributed by atoms with Gasteiger partial charge in [-0.05, 0) is 0 Å². The largest absolute Gasteiger partial charge is 0.378 e. The molecule has 3 rings (SSSR count). The Balaban J connectivity index is 1.94. The van der Waals surface area contributed by atoms with Crippen molar-refractivity contribution in [1.82, 2.24) is 9.97 Å². The van der Waals surface area contributed by atoms with Crippen LogP contribution >= 0.6 is 0 Å². The Kier molecular flexibility index (Phi) is 3.26. The summed E-state index contributed by atoms with van der Waals surface area (Å²) in [5.41, 5.74) is 4.65. The zero-order valence-electron chi connectivity index (χ0n) is 10.2. The van der Waals surface area contributed by atoms with Gasteiger partial charge in [-0.25, -0.2) is 10.8 Å². The summed E-state index contributed by atoms with van der Waals surface area (Å²) in [5, 5.41) is 0. The van der Waals surface area contributed by atoms with E-state index in [9.17, 15) is 0 Å². The van der Waals surface area contributed by atoms with Crippen molar-refractivity contribution in [3.8, 4) is 0 Å². The van der Waals surface area contributed by atoms with E-state index in [2.05, 4.69) is 20.3 Å². The Morgan fingerprint density at radius 3 is 2.72 bits per heavy atom. The molecule has 0 aliphatic carbocycles. The minimum absolute atomic E-state index is 0.526. The Morgan fingerprint density at radius 1 is 1.11 bits per heavy atom. The van der Waals surface area contributed by atoms with Gasteiger partial charge >= 0.3 is 0 Å². The second-order valence-corrected chi connectivity index (χ2v) is 4.34. The monoisotopic (exact) mass is 251 g/mol. The maximum Gasteiger partial charge on any atom is 0.227 e. The smallest absolute Gasteiger partial charge is 0.227 e. The quantitative estimate of drug-likeness (QED) is 0.550. The molecule has 1 saturated heterocycles. The van der Waals surface area contributed by atoms with Crippen LogP contribution in [-0.2, 0) is 22.5 Å². The first kappa shape index (κ1) is 11.6. The van der Waals surface area contributed by atoms with Crippen LogP contribution in [0.25, 0.3) is 0 Å². The number of nitrogens with zero attached hydrogens (tertiary/aromatic N) is 3. The van der Waals surface area contributed by atoms with E-state index in [0.717, 1.165) is 49.9 Å². The van der Waals surface area contributed by atoms with Gasteiger partial charge in [0.05, 0.1) is 32.1 Å². The number of rotatable bonds is 2.